The molecule has 2 rings (SSSR count). The van der Waals surface area contributed by atoms with Crippen LogP contribution in [0.5, 0.6) is 5.75 Å². The van der Waals surface area contributed by atoms with Gasteiger partial charge in [-0.3, -0.25) is 14.9 Å². The van der Waals surface area contributed by atoms with Crippen molar-refractivity contribution in [2.75, 3.05) is 6.61 Å². The maximum absolute atomic E-state index is 12.0. The van der Waals surface area contributed by atoms with Gasteiger partial charge in [-0.1, -0.05) is 26.0 Å². The quantitative estimate of drug-likeness (QED) is 0.474. The maximum Gasteiger partial charge on any atom is 0.278 e. The van der Waals surface area contributed by atoms with E-state index in [9.17, 15) is 14.9 Å². The summed E-state index contributed by atoms with van der Waals surface area (Å²) in [5.74, 6) is 0.693. The lowest BCUT2D eigenvalue weighted by Gasteiger charge is -2.08. The van der Waals surface area contributed by atoms with E-state index in [0.29, 0.717) is 29.4 Å². The molecule has 2 aromatic rings. The van der Waals surface area contributed by atoms with Gasteiger partial charge >= 0.3 is 0 Å². The van der Waals surface area contributed by atoms with Gasteiger partial charge in [0, 0.05) is 11.6 Å². The highest BCUT2D eigenvalue weighted by atomic mass is 16.6. The Kier molecular flexibility index (Phi) is 6.22. The standard InChI is InChI=1S/C18H19N3O4/c1-13(2)12-25-16-9-7-14(8-10-16)18(22)20-19-11-15-5-3-4-6-17(15)21(23)24/h3-11,13H,12H2,1-2H3,(H,20,22). The molecule has 1 N–H and O–H groups in total. The molecule has 0 unspecified atom stereocenters. The van der Waals surface area contributed by atoms with Crippen LogP contribution in [0.25, 0.3) is 0 Å². The van der Waals surface area contributed by atoms with Crippen LogP contribution in [0.15, 0.2) is 53.6 Å². The lowest BCUT2D eigenvalue weighted by molar-refractivity contribution is -0.385. The molecule has 0 atom stereocenters. The molecule has 0 fully saturated rings. The highest BCUT2D eigenvalue weighted by molar-refractivity contribution is 5.95. The van der Waals surface area contributed by atoms with Gasteiger partial charge in [-0.2, -0.15) is 5.10 Å². The lowest BCUT2D eigenvalue weighted by Crippen LogP contribution is -2.17. The summed E-state index contributed by atoms with van der Waals surface area (Å²) >= 11 is 0. The van der Waals surface area contributed by atoms with Crippen LogP contribution in [0.4, 0.5) is 5.69 Å². The molecule has 130 valence electrons. The monoisotopic (exact) mass is 341 g/mol. The molecule has 2 aromatic carbocycles. The van der Waals surface area contributed by atoms with E-state index in [1.807, 2.05) is 0 Å². The number of amides is 1. The number of benzene rings is 2. The van der Waals surface area contributed by atoms with Gasteiger partial charge in [0.1, 0.15) is 5.75 Å². The minimum Gasteiger partial charge on any atom is -0.493 e. The number of nitrogens with zero attached hydrogens (tertiary/aromatic N) is 2. The molecule has 7 nitrogen and oxygen atoms in total. The van der Waals surface area contributed by atoms with Gasteiger partial charge in [0.15, 0.2) is 0 Å². The lowest BCUT2D eigenvalue weighted by atomic mass is 10.2. The van der Waals surface area contributed by atoms with Crippen LogP contribution in [0.3, 0.4) is 0 Å². The Labute approximate surface area is 145 Å². The SMILES string of the molecule is CC(C)COc1ccc(C(=O)NN=Cc2ccccc2[N+](=O)[O-])cc1. The third kappa shape index (κ3) is 5.42. The molecule has 0 bridgehead atoms. The summed E-state index contributed by atoms with van der Waals surface area (Å²) in [5, 5.41) is 14.7. The van der Waals surface area contributed by atoms with Crippen LogP contribution in [0.2, 0.25) is 0 Å². The molecule has 0 aliphatic heterocycles. The van der Waals surface area contributed by atoms with Crippen molar-refractivity contribution in [1.82, 2.24) is 5.43 Å². The molecular formula is C18H19N3O4. The largest absolute Gasteiger partial charge is 0.493 e. The van der Waals surface area contributed by atoms with E-state index in [0.717, 1.165) is 0 Å². The van der Waals surface area contributed by atoms with Gasteiger partial charge in [0.25, 0.3) is 11.6 Å². The van der Waals surface area contributed by atoms with E-state index in [1.54, 1.807) is 42.5 Å². The molecule has 1 amide bonds. The van der Waals surface area contributed by atoms with E-state index in [-0.39, 0.29) is 5.69 Å². The van der Waals surface area contributed by atoms with E-state index >= 15 is 0 Å². The zero-order valence-electron chi connectivity index (χ0n) is 14.0. The highest BCUT2D eigenvalue weighted by Gasteiger charge is 2.10. The van der Waals surface area contributed by atoms with Gasteiger partial charge in [-0.25, -0.2) is 5.43 Å². The van der Waals surface area contributed by atoms with E-state index in [1.165, 1.54) is 12.3 Å². The molecule has 7 heteroatoms. The van der Waals surface area contributed by atoms with E-state index in [4.69, 9.17) is 4.74 Å². The van der Waals surface area contributed by atoms with E-state index < -0.39 is 10.8 Å². The molecule has 0 saturated carbocycles. The number of hydrogen-bond donors (Lipinski definition) is 1. The van der Waals surface area contributed by atoms with Crippen molar-refractivity contribution in [3.63, 3.8) is 0 Å². The summed E-state index contributed by atoms with van der Waals surface area (Å²) in [4.78, 5) is 22.4. The van der Waals surface area contributed by atoms with Crippen LogP contribution >= 0.6 is 0 Å². The molecule has 0 saturated heterocycles. The Hall–Kier alpha value is -3.22. The van der Waals surface area contributed by atoms with Gasteiger partial charge < -0.3 is 4.74 Å². The molecule has 0 heterocycles. The van der Waals surface area contributed by atoms with Crippen molar-refractivity contribution in [2.45, 2.75) is 13.8 Å². The van der Waals surface area contributed by atoms with Crippen LogP contribution in [0, 0.1) is 16.0 Å². The van der Waals surface area contributed by atoms with Crippen LogP contribution in [-0.4, -0.2) is 23.7 Å². The van der Waals surface area contributed by atoms with Crippen LogP contribution in [0.1, 0.15) is 29.8 Å². The molecular weight excluding hydrogens is 322 g/mol. The predicted molar refractivity (Wildman–Crippen MR) is 94.9 cm³/mol. The van der Waals surface area contributed by atoms with Gasteiger partial charge in [-0.15, -0.1) is 0 Å². The number of nitrogens with one attached hydrogen (secondary N) is 1. The Morgan fingerprint density at radius 2 is 1.92 bits per heavy atom. The zero-order chi connectivity index (χ0) is 18.2. The fraction of sp³-hybridized carbons (Fsp3) is 0.222. The van der Waals surface area contributed by atoms with Gasteiger partial charge in [-0.05, 0) is 36.2 Å². The van der Waals surface area contributed by atoms with Gasteiger partial charge in [0.05, 0.1) is 23.3 Å². The fourth-order valence-corrected chi connectivity index (χ4v) is 1.95. The Morgan fingerprint density at radius 1 is 1.24 bits per heavy atom. The number of carbonyl (C=O) groups excluding carboxylic acids is 1. The maximum atomic E-state index is 12.0. The van der Waals surface area contributed by atoms with Crippen molar-refractivity contribution >= 4 is 17.8 Å². The summed E-state index contributed by atoms with van der Waals surface area (Å²) < 4.78 is 5.55. The molecule has 0 aliphatic carbocycles. The summed E-state index contributed by atoms with van der Waals surface area (Å²) in [7, 11) is 0. The first kappa shape index (κ1) is 18.1. The molecule has 0 aromatic heterocycles. The number of ether oxygens (including phenoxy) is 1. The van der Waals surface area contributed by atoms with Crippen molar-refractivity contribution in [3.8, 4) is 5.75 Å². The minimum absolute atomic E-state index is 0.0767. The third-order valence-corrected chi connectivity index (χ3v) is 3.20. The van der Waals surface area contributed by atoms with Crippen LogP contribution < -0.4 is 10.2 Å². The average molecular weight is 341 g/mol. The number of nitro groups is 1. The smallest absolute Gasteiger partial charge is 0.278 e. The minimum atomic E-state index is -0.501. The van der Waals surface area contributed by atoms with E-state index in [2.05, 4.69) is 24.4 Å². The number of para-hydroxylation sites is 1. The molecule has 0 aliphatic rings. The fourth-order valence-electron chi connectivity index (χ4n) is 1.95. The first-order chi connectivity index (χ1) is 12.0. The first-order valence-electron chi connectivity index (χ1n) is 7.77. The topological polar surface area (TPSA) is 93.8 Å². The van der Waals surface area contributed by atoms with Crippen molar-refractivity contribution in [2.24, 2.45) is 11.0 Å². The number of rotatable bonds is 7. The number of hydrogen-bond acceptors (Lipinski definition) is 5. The normalized spacial score (nSPS) is 10.8. The number of carbonyl (C=O) groups is 1. The number of hydrazone groups is 1. The predicted octanol–water partition coefficient (Wildman–Crippen LogP) is 3.39. The molecule has 25 heavy (non-hydrogen) atoms. The summed E-state index contributed by atoms with van der Waals surface area (Å²) in [6, 6.07) is 12.8. The second kappa shape index (κ2) is 8.58. The summed E-state index contributed by atoms with van der Waals surface area (Å²) in [6.07, 6.45) is 1.25. The van der Waals surface area contributed by atoms with Crippen LogP contribution in [-0.2, 0) is 0 Å². The third-order valence-electron chi connectivity index (χ3n) is 3.20. The Balaban J connectivity index is 1.97. The number of nitro benzene ring substituents is 1. The van der Waals surface area contributed by atoms with Crippen molar-refractivity contribution < 1.29 is 14.5 Å². The zero-order valence-corrected chi connectivity index (χ0v) is 14.0. The van der Waals surface area contributed by atoms with Crippen molar-refractivity contribution in [3.05, 3.63) is 69.8 Å². The van der Waals surface area contributed by atoms with Gasteiger partial charge in [0.2, 0.25) is 0 Å². The first-order valence-corrected chi connectivity index (χ1v) is 7.77. The molecule has 0 spiro atoms. The Morgan fingerprint density at radius 3 is 2.56 bits per heavy atom. The highest BCUT2D eigenvalue weighted by Crippen LogP contribution is 2.15. The second-order valence-electron chi connectivity index (χ2n) is 5.74. The Bertz CT molecular complexity index is 770. The molecule has 0 radical (unpaired) electrons. The second-order valence-corrected chi connectivity index (χ2v) is 5.74. The summed E-state index contributed by atoms with van der Waals surface area (Å²) in [6.45, 7) is 4.71. The van der Waals surface area contributed by atoms with Crippen molar-refractivity contribution in [1.29, 1.82) is 0 Å². The summed E-state index contributed by atoms with van der Waals surface area (Å²) in [5.41, 5.74) is 3.00. The average Bonchev–Trinajstić information content (AvgIpc) is 2.60.